The lowest BCUT2D eigenvalue weighted by Gasteiger charge is -2.16. The highest BCUT2D eigenvalue weighted by atomic mass is 19.4. The summed E-state index contributed by atoms with van der Waals surface area (Å²) in [6.07, 6.45) is -4.30. The quantitative estimate of drug-likeness (QED) is 0.710. The number of fused-ring (bicyclic) bond motifs is 1. The number of alkyl halides is 3. The molecule has 3 aromatic rings. The molecule has 0 atom stereocenters. The third-order valence-corrected chi connectivity index (χ3v) is 3.61. The number of hydrogen-bond donors (Lipinski definition) is 0. The Morgan fingerprint density at radius 3 is 2.39 bits per heavy atom. The molecular formula is C17H15F3N2O. The average molecular weight is 320 g/mol. The Labute approximate surface area is 131 Å². The van der Waals surface area contributed by atoms with E-state index in [0.717, 1.165) is 34.4 Å². The van der Waals surface area contributed by atoms with Crippen LogP contribution in [0.1, 0.15) is 16.8 Å². The van der Waals surface area contributed by atoms with Crippen molar-refractivity contribution < 1.29 is 17.7 Å². The van der Waals surface area contributed by atoms with Crippen molar-refractivity contribution in [1.29, 1.82) is 0 Å². The van der Waals surface area contributed by atoms with Crippen LogP contribution in [0.3, 0.4) is 0 Å². The van der Waals surface area contributed by atoms with Crippen molar-refractivity contribution in [1.82, 2.24) is 10.1 Å². The number of aromatic nitrogens is 1. The first-order valence-electron chi connectivity index (χ1n) is 7.11. The van der Waals surface area contributed by atoms with Gasteiger partial charge in [0.1, 0.15) is 5.69 Å². The lowest BCUT2D eigenvalue weighted by atomic mass is 10.1. The van der Waals surface area contributed by atoms with Crippen LogP contribution < -0.4 is 0 Å². The highest BCUT2D eigenvalue weighted by molar-refractivity contribution is 5.79. The molecule has 0 saturated heterocycles. The van der Waals surface area contributed by atoms with E-state index in [4.69, 9.17) is 4.52 Å². The lowest BCUT2D eigenvalue weighted by molar-refractivity contribution is -0.137. The smallest absolute Gasteiger partial charge is 0.356 e. The van der Waals surface area contributed by atoms with Crippen molar-refractivity contribution >= 4 is 11.0 Å². The zero-order valence-electron chi connectivity index (χ0n) is 12.5. The summed E-state index contributed by atoms with van der Waals surface area (Å²) in [6, 6.07) is 12.8. The largest absolute Gasteiger partial charge is 0.416 e. The van der Waals surface area contributed by atoms with Crippen LogP contribution in [0.25, 0.3) is 11.0 Å². The molecule has 0 aliphatic carbocycles. The molecule has 0 aliphatic heterocycles. The van der Waals surface area contributed by atoms with E-state index in [1.807, 2.05) is 36.2 Å². The molecule has 2 aromatic carbocycles. The third kappa shape index (κ3) is 3.53. The van der Waals surface area contributed by atoms with Crippen LogP contribution in [0.4, 0.5) is 13.2 Å². The van der Waals surface area contributed by atoms with E-state index in [9.17, 15) is 13.2 Å². The van der Waals surface area contributed by atoms with Gasteiger partial charge in [-0.3, -0.25) is 4.90 Å². The molecule has 23 heavy (non-hydrogen) atoms. The molecule has 0 saturated carbocycles. The van der Waals surface area contributed by atoms with Gasteiger partial charge in [-0.05, 0) is 36.9 Å². The van der Waals surface area contributed by atoms with Crippen LogP contribution >= 0.6 is 0 Å². The molecule has 0 radical (unpaired) electrons. The molecule has 120 valence electrons. The summed E-state index contributed by atoms with van der Waals surface area (Å²) in [4.78, 5) is 1.98. The normalized spacial score (nSPS) is 12.2. The topological polar surface area (TPSA) is 29.3 Å². The van der Waals surface area contributed by atoms with E-state index < -0.39 is 11.7 Å². The summed E-state index contributed by atoms with van der Waals surface area (Å²) in [5.74, 6) is 0. The molecule has 1 heterocycles. The molecule has 1 aromatic heterocycles. The minimum Gasteiger partial charge on any atom is -0.356 e. The van der Waals surface area contributed by atoms with E-state index >= 15 is 0 Å². The zero-order chi connectivity index (χ0) is 16.4. The van der Waals surface area contributed by atoms with Gasteiger partial charge < -0.3 is 4.52 Å². The monoisotopic (exact) mass is 320 g/mol. The van der Waals surface area contributed by atoms with Crippen molar-refractivity contribution in [2.45, 2.75) is 19.3 Å². The van der Waals surface area contributed by atoms with Gasteiger partial charge in [-0.2, -0.15) is 13.2 Å². The summed E-state index contributed by atoms with van der Waals surface area (Å²) < 4.78 is 42.9. The third-order valence-electron chi connectivity index (χ3n) is 3.61. The molecule has 0 aliphatic rings. The summed E-state index contributed by atoms with van der Waals surface area (Å²) >= 11 is 0. The maximum Gasteiger partial charge on any atom is 0.416 e. The number of rotatable bonds is 4. The highest BCUT2D eigenvalue weighted by Gasteiger charge is 2.29. The molecule has 3 nitrogen and oxygen atoms in total. The second kappa shape index (κ2) is 6.04. The van der Waals surface area contributed by atoms with Crippen molar-refractivity contribution in [3.05, 3.63) is 65.4 Å². The van der Waals surface area contributed by atoms with Crippen molar-refractivity contribution in [2.75, 3.05) is 7.05 Å². The Kier molecular flexibility index (Phi) is 4.09. The maximum absolute atomic E-state index is 12.6. The van der Waals surface area contributed by atoms with Gasteiger partial charge in [0.25, 0.3) is 0 Å². The number of halogens is 3. The molecule has 6 heteroatoms. The van der Waals surface area contributed by atoms with Crippen LogP contribution in [0.2, 0.25) is 0 Å². The van der Waals surface area contributed by atoms with Gasteiger partial charge in [0, 0.05) is 18.5 Å². The Bertz CT molecular complexity index is 793. The van der Waals surface area contributed by atoms with Gasteiger partial charge in [-0.15, -0.1) is 0 Å². The number of hydrogen-bond acceptors (Lipinski definition) is 3. The SMILES string of the molecule is CN(Cc1ccc(C(F)(F)F)cc1)Cc1noc2ccccc12. The van der Waals surface area contributed by atoms with E-state index in [1.54, 1.807) is 0 Å². The first-order valence-corrected chi connectivity index (χ1v) is 7.11. The fraction of sp³-hybridized carbons (Fsp3) is 0.235. The van der Waals surface area contributed by atoms with Gasteiger partial charge in [-0.25, -0.2) is 0 Å². The second-order valence-corrected chi connectivity index (χ2v) is 5.49. The van der Waals surface area contributed by atoms with E-state index in [0.29, 0.717) is 13.1 Å². The molecule has 0 fully saturated rings. The Balaban J connectivity index is 1.68. The van der Waals surface area contributed by atoms with Crippen LogP contribution in [-0.2, 0) is 19.3 Å². The van der Waals surface area contributed by atoms with E-state index in [1.165, 1.54) is 12.1 Å². The molecular weight excluding hydrogens is 305 g/mol. The molecule has 0 N–H and O–H groups in total. The van der Waals surface area contributed by atoms with E-state index in [-0.39, 0.29) is 0 Å². The molecule has 0 spiro atoms. The fourth-order valence-corrected chi connectivity index (χ4v) is 2.47. The molecule has 3 rings (SSSR count). The predicted octanol–water partition coefficient (Wildman–Crippen LogP) is 4.48. The highest BCUT2D eigenvalue weighted by Crippen LogP contribution is 2.29. The van der Waals surface area contributed by atoms with Gasteiger partial charge in [0.15, 0.2) is 5.58 Å². The van der Waals surface area contributed by atoms with Gasteiger partial charge in [0.05, 0.1) is 5.56 Å². The van der Waals surface area contributed by atoms with E-state index in [2.05, 4.69) is 5.16 Å². The lowest BCUT2D eigenvalue weighted by Crippen LogP contribution is -2.17. The van der Waals surface area contributed by atoms with Crippen LogP contribution in [0.5, 0.6) is 0 Å². The van der Waals surface area contributed by atoms with Crippen molar-refractivity contribution in [3.8, 4) is 0 Å². The number of para-hydroxylation sites is 1. The van der Waals surface area contributed by atoms with Crippen LogP contribution in [0, 0.1) is 0 Å². The summed E-state index contributed by atoms with van der Waals surface area (Å²) in [5.41, 5.74) is 1.72. The molecule has 0 bridgehead atoms. The second-order valence-electron chi connectivity index (χ2n) is 5.49. The number of nitrogens with zero attached hydrogens (tertiary/aromatic N) is 2. The summed E-state index contributed by atoms with van der Waals surface area (Å²) in [7, 11) is 1.89. The Morgan fingerprint density at radius 2 is 1.70 bits per heavy atom. The average Bonchev–Trinajstić information content (AvgIpc) is 2.90. The fourth-order valence-electron chi connectivity index (χ4n) is 2.47. The minimum atomic E-state index is -4.30. The van der Waals surface area contributed by atoms with Crippen molar-refractivity contribution in [2.24, 2.45) is 0 Å². The van der Waals surface area contributed by atoms with Crippen LogP contribution in [0.15, 0.2) is 53.1 Å². The summed E-state index contributed by atoms with van der Waals surface area (Å²) in [5, 5.41) is 5.01. The molecule has 0 amide bonds. The first-order chi connectivity index (χ1) is 10.9. The molecule has 0 unspecified atom stereocenters. The summed E-state index contributed by atoms with van der Waals surface area (Å²) in [6.45, 7) is 1.08. The minimum absolute atomic E-state index is 0.527. The first kappa shape index (κ1) is 15.6. The zero-order valence-corrected chi connectivity index (χ0v) is 12.5. The van der Waals surface area contributed by atoms with Crippen LogP contribution in [-0.4, -0.2) is 17.1 Å². The number of benzene rings is 2. The Hall–Kier alpha value is -2.34. The standard InChI is InChI=1S/C17H15F3N2O/c1-22(10-12-6-8-13(9-7-12)17(18,19)20)11-15-14-4-2-3-5-16(14)23-21-15/h2-9H,10-11H2,1H3. The predicted molar refractivity (Wildman–Crippen MR) is 80.6 cm³/mol. The van der Waals surface area contributed by atoms with Crippen molar-refractivity contribution in [3.63, 3.8) is 0 Å². The Morgan fingerprint density at radius 1 is 1.00 bits per heavy atom. The maximum atomic E-state index is 12.6. The van der Waals surface area contributed by atoms with Gasteiger partial charge in [-0.1, -0.05) is 29.4 Å². The van der Waals surface area contributed by atoms with Gasteiger partial charge in [0.2, 0.25) is 0 Å². The van der Waals surface area contributed by atoms with Gasteiger partial charge >= 0.3 is 6.18 Å².